The molecule has 7 heteroatoms. The Balaban J connectivity index is 1.92. The zero-order chi connectivity index (χ0) is 14.5. The monoisotopic (exact) mass is 274 g/mol. The second kappa shape index (κ2) is 5.84. The molecule has 0 aliphatic carbocycles. The number of carbonyl (C=O) groups is 1. The molecule has 0 fully saturated rings. The van der Waals surface area contributed by atoms with E-state index in [-0.39, 0.29) is 18.7 Å². The number of ether oxygens (including phenoxy) is 1. The van der Waals surface area contributed by atoms with E-state index in [1.807, 2.05) is 0 Å². The number of nitrogens with two attached hydrogens (primary N) is 1. The highest BCUT2D eigenvalue weighted by Crippen LogP contribution is 2.10. The average Bonchev–Trinajstić information content (AvgIpc) is 2.83. The summed E-state index contributed by atoms with van der Waals surface area (Å²) in [4.78, 5) is 11.6. The van der Waals surface area contributed by atoms with Crippen LogP contribution in [-0.2, 0) is 22.7 Å². The minimum atomic E-state index is -0.602. The Labute approximate surface area is 114 Å². The van der Waals surface area contributed by atoms with Gasteiger partial charge in [-0.3, -0.25) is 9.48 Å². The van der Waals surface area contributed by atoms with Crippen molar-refractivity contribution in [3.8, 4) is 6.07 Å². The van der Waals surface area contributed by atoms with Crippen molar-refractivity contribution in [2.24, 2.45) is 0 Å². The number of carbonyl (C=O) groups excluding carboxylic acids is 1. The maximum atomic E-state index is 13.1. The van der Waals surface area contributed by atoms with Gasteiger partial charge in [-0.2, -0.15) is 10.4 Å². The van der Waals surface area contributed by atoms with E-state index in [0.29, 0.717) is 11.3 Å². The number of aromatic nitrogens is 2. The fourth-order valence-corrected chi connectivity index (χ4v) is 1.56. The number of benzene rings is 1. The van der Waals surface area contributed by atoms with Gasteiger partial charge < -0.3 is 10.5 Å². The van der Waals surface area contributed by atoms with Gasteiger partial charge >= 0.3 is 5.97 Å². The molecule has 102 valence electrons. The molecule has 2 N–H and O–H groups in total. The molecule has 20 heavy (non-hydrogen) atoms. The first-order valence-corrected chi connectivity index (χ1v) is 5.70. The lowest BCUT2D eigenvalue weighted by Gasteiger charge is -2.05. The Morgan fingerprint density at radius 1 is 1.55 bits per heavy atom. The molecule has 0 atom stereocenters. The number of hydrogen-bond donors (Lipinski definition) is 1. The third kappa shape index (κ3) is 3.32. The second-order valence-corrected chi connectivity index (χ2v) is 4.06. The predicted molar refractivity (Wildman–Crippen MR) is 67.6 cm³/mol. The van der Waals surface area contributed by atoms with Gasteiger partial charge in [0.2, 0.25) is 0 Å². The highest BCUT2D eigenvalue weighted by Gasteiger charge is 2.07. The minimum absolute atomic E-state index is 0.0372. The van der Waals surface area contributed by atoms with E-state index in [4.69, 9.17) is 15.7 Å². The molecular weight excluding hydrogens is 263 g/mol. The van der Waals surface area contributed by atoms with Gasteiger partial charge in [-0.15, -0.1) is 0 Å². The van der Waals surface area contributed by atoms with Crippen LogP contribution >= 0.6 is 0 Å². The zero-order valence-corrected chi connectivity index (χ0v) is 10.4. The number of nitrogens with zero attached hydrogens (tertiary/aromatic N) is 3. The summed E-state index contributed by atoms with van der Waals surface area (Å²) in [7, 11) is 0. The van der Waals surface area contributed by atoms with Crippen molar-refractivity contribution in [2.75, 3.05) is 5.73 Å². The van der Waals surface area contributed by atoms with Crippen LogP contribution < -0.4 is 5.73 Å². The third-order valence-corrected chi connectivity index (χ3v) is 2.50. The number of nitriles is 1. The summed E-state index contributed by atoms with van der Waals surface area (Å²) < 4.78 is 19.5. The fourth-order valence-electron chi connectivity index (χ4n) is 1.56. The molecule has 0 radical (unpaired) electrons. The summed E-state index contributed by atoms with van der Waals surface area (Å²) in [5, 5.41) is 12.5. The van der Waals surface area contributed by atoms with Gasteiger partial charge in [0, 0.05) is 6.20 Å². The van der Waals surface area contributed by atoms with Crippen molar-refractivity contribution in [3.63, 3.8) is 0 Å². The molecule has 0 saturated carbocycles. The van der Waals surface area contributed by atoms with Gasteiger partial charge in [-0.05, 0) is 17.7 Å². The molecule has 0 saturated heterocycles. The van der Waals surface area contributed by atoms with Crippen LogP contribution in [0.15, 0.2) is 30.6 Å². The van der Waals surface area contributed by atoms with Gasteiger partial charge in [-0.1, -0.05) is 6.07 Å². The van der Waals surface area contributed by atoms with E-state index in [1.54, 1.807) is 6.07 Å². The first kappa shape index (κ1) is 13.5. The Kier molecular flexibility index (Phi) is 3.96. The summed E-state index contributed by atoms with van der Waals surface area (Å²) in [6.45, 7) is -0.103. The van der Waals surface area contributed by atoms with E-state index in [9.17, 15) is 9.18 Å². The van der Waals surface area contributed by atoms with Crippen LogP contribution in [0.25, 0.3) is 0 Å². The number of halogens is 1. The van der Waals surface area contributed by atoms with Crippen molar-refractivity contribution in [3.05, 3.63) is 47.5 Å². The highest BCUT2D eigenvalue weighted by molar-refractivity contribution is 5.69. The summed E-state index contributed by atoms with van der Waals surface area (Å²) >= 11 is 0. The first-order valence-electron chi connectivity index (χ1n) is 5.70. The van der Waals surface area contributed by atoms with Crippen LogP contribution in [-0.4, -0.2) is 15.7 Å². The lowest BCUT2D eigenvalue weighted by Crippen LogP contribution is -2.13. The molecule has 1 heterocycles. The van der Waals surface area contributed by atoms with Crippen LogP contribution in [0.2, 0.25) is 0 Å². The number of esters is 1. The van der Waals surface area contributed by atoms with Gasteiger partial charge in [0.1, 0.15) is 25.0 Å². The topological polar surface area (TPSA) is 93.9 Å². The molecule has 0 amide bonds. The van der Waals surface area contributed by atoms with Crippen LogP contribution in [0, 0.1) is 17.1 Å². The molecule has 2 aromatic rings. The molecule has 6 nitrogen and oxygen atoms in total. The summed E-state index contributed by atoms with van der Waals surface area (Å²) in [6, 6.07) is 5.68. The Hall–Kier alpha value is -2.88. The molecule has 0 bridgehead atoms. The zero-order valence-electron chi connectivity index (χ0n) is 10.4. The van der Waals surface area contributed by atoms with E-state index < -0.39 is 11.8 Å². The van der Waals surface area contributed by atoms with Crippen LogP contribution in [0.5, 0.6) is 0 Å². The number of rotatable bonds is 4. The molecular formula is C13H11FN4O2. The molecule has 2 rings (SSSR count). The van der Waals surface area contributed by atoms with Crippen molar-refractivity contribution < 1.29 is 13.9 Å². The van der Waals surface area contributed by atoms with Crippen molar-refractivity contribution in [1.82, 2.24) is 9.78 Å². The van der Waals surface area contributed by atoms with Crippen LogP contribution in [0.3, 0.4) is 0 Å². The van der Waals surface area contributed by atoms with Gasteiger partial charge in [-0.25, -0.2) is 4.39 Å². The van der Waals surface area contributed by atoms with E-state index in [0.717, 1.165) is 6.07 Å². The van der Waals surface area contributed by atoms with E-state index in [2.05, 4.69) is 5.10 Å². The molecule has 1 aromatic heterocycles. The molecule has 0 aliphatic rings. The highest BCUT2D eigenvalue weighted by atomic mass is 19.1. The summed E-state index contributed by atoms with van der Waals surface area (Å²) in [6.07, 6.45) is 2.93. The Bertz CT molecular complexity index is 675. The smallest absolute Gasteiger partial charge is 0.328 e. The predicted octanol–water partition coefficient (Wildman–Crippen LogP) is 1.22. The minimum Gasteiger partial charge on any atom is -0.459 e. The SMILES string of the molecule is N#Cc1cc(COC(=O)Cn2cc(N)cn2)ccc1F. The van der Waals surface area contributed by atoms with Gasteiger partial charge in [0.05, 0.1) is 17.4 Å². The van der Waals surface area contributed by atoms with Gasteiger partial charge in [0.15, 0.2) is 0 Å². The first-order chi connectivity index (χ1) is 9.58. The maximum absolute atomic E-state index is 13.1. The third-order valence-electron chi connectivity index (χ3n) is 2.50. The Morgan fingerprint density at radius 2 is 2.35 bits per heavy atom. The molecule has 0 aliphatic heterocycles. The van der Waals surface area contributed by atoms with Crippen molar-refractivity contribution in [1.29, 1.82) is 5.26 Å². The largest absolute Gasteiger partial charge is 0.459 e. The number of anilines is 1. The number of hydrogen-bond acceptors (Lipinski definition) is 5. The van der Waals surface area contributed by atoms with Crippen LogP contribution in [0.1, 0.15) is 11.1 Å². The number of nitrogen functional groups attached to an aromatic ring is 1. The van der Waals surface area contributed by atoms with E-state index >= 15 is 0 Å². The normalized spacial score (nSPS) is 10.0. The second-order valence-electron chi connectivity index (χ2n) is 4.06. The van der Waals surface area contributed by atoms with Crippen molar-refractivity contribution >= 4 is 11.7 Å². The summed E-state index contributed by atoms with van der Waals surface area (Å²) in [5.74, 6) is -1.11. The average molecular weight is 274 g/mol. The standard InChI is InChI=1S/C13H11FN4O2/c14-12-2-1-9(3-10(12)4-15)8-20-13(19)7-18-6-11(16)5-17-18/h1-3,5-6H,7-8,16H2. The fraction of sp³-hybridized carbons (Fsp3) is 0.154. The van der Waals surface area contributed by atoms with Gasteiger partial charge in [0.25, 0.3) is 0 Å². The molecule has 1 aromatic carbocycles. The quantitative estimate of drug-likeness (QED) is 0.846. The van der Waals surface area contributed by atoms with Crippen LogP contribution in [0.4, 0.5) is 10.1 Å². The lowest BCUT2D eigenvalue weighted by atomic mass is 10.1. The van der Waals surface area contributed by atoms with E-state index in [1.165, 1.54) is 29.2 Å². The Morgan fingerprint density at radius 3 is 3.00 bits per heavy atom. The molecule has 0 spiro atoms. The summed E-state index contributed by atoms with van der Waals surface area (Å²) in [5.41, 5.74) is 6.37. The molecule has 0 unspecified atom stereocenters. The maximum Gasteiger partial charge on any atom is 0.328 e. The van der Waals surface area contributed by atoms with Crippen molar-refractivity contribution in [2.45, 2.75) is 13.2 Å². The lowest BCUT2D eigenvalue weighted by molar-refractivity contribution is -0.145.